The molecule has 0 atom stereocenters. The molecule has 0 saturated carbocycles. The molecule has 5 N–H and O–H groups in total. The molecule has 0 aromatic heterocycles. The van der Waals surface area contributed by atoms with Crippen molar-refractivity contribution in [2.24, 2.45) is 0 Å². The Labute approximate surface area is 58.1 Å². The van der Waals surface area contributed by atoms with Gasteiger partial charge in [0.15, 0.2) is 0 Å². The van der Waals surface area contributed by atoms with E-state index >= 15 is 0 Å². The van der Waals surface area contributed by atoms with Crippen LogP contribution >= 0.6 is 0 Å². The molecule has 0 spiro atoms. The molecular formula is C3H12FNOTi. The zero-order valence-electron chi connectivity index (χ0n) is 4.90. The van der Waals surface area contributed by atoms with Gasteiger partial charge in [-0.15, -0.1) is 0 Å². The molecule has 0 aliphatic heterocycles. The number of hydrogen-bond acceptors (Lipinski definition) is 1. The fourth-order valence-electron chi connectivity index (χ4n) is 0. The second-order valence-electron chi connectivity index (χ2n) is 1.09. The Bertz CT molecular complexity index is 19.7. The normalized spacial score (nSPS) is 5.14. The maximum absolute atomic E-state index is 8.06. The van der Waals surface area contributed by atoms with Crippen LogP contribution in [-0.2, 0) is 21.7 Å². The minimum Gasteiger partial charge on any atom is -1.00 e. The van der Waals surface area contributed by atoms with Crippen LogP contribution in [0, 0.1) is 0 Å². The standard InChI is InChI=1S/C3H8O.FH.H3N.Ti/c1-3(2)4;;;/h3-4H,1-2H3;1H;1H3;. The second kappa shape index (κ2) is 16.0. The van der Waals surface area contributed by atoms with Crippen molar-refractivity contribution in [1.82, 2.24) is 6.15 Å². The molecule has 0 fully saturated rings. The molecule has 0 rings (SSSR count). The summed E-state index contributed by atoms with van der Waals surface area (Å²) in [5.74, 6) is 0. The first-order chi connectivity index (χ1) is 1.73. The van der Waals surface area contributed by atoms with Gasteiger partial charge in [-0.2, -0.15) is 0 Å². The Hall–Kier alpha value is 0.564. The first-order valence-corrected chi connectivity index (χ1v) is 1.41. The Kier molecular flexibility index (Phi) is 58.6. The summed E-state index contributed by atoms with van der Waals surface area (Å²) in [4.78, 5) is 0. The van der Waals surface area contributed by atoms with Gasteiger partial charge in [-0.25, -0.2) is 0 Å². The molecule has 0 unspecified atom stereocenters. The second-order valence-corrected chi connectivity index (χ2v) is 1.09. The van der Waals surface area contributed by atoms with Crippen LogP contribution < -0.4 is 10.9 Å². The van der Waals surface area contributed by atoms with Gasteiger partial charge in [-0.3, -0.25) is 0 Å². The summed E-state index contributed by atoms with van der Waals surface area (Å²) in [7, 11) is 0. The monoisotopic (exact) mass is 145 g/mol. The molecular weight excluding hydrogens is 133 g/mol. The molecule has 0 radical (unpaired) electrons. The SMILES string of the molecule is CC(C)O.[F-].[NH4+].[Ti]. The third-order valence-electron chi connectivity index (χ3n) is 0. The summed E-state index contributed by atoms with van der Waals surface area (Å²) in [6, 6.07) is 0. The topological polar surface area (TPSA) is 56.7 Å². The van der Waals surface area contributed by atoms with Crippen LogP contribution in [0.5, 0.6) is 0 Å². The van der Waals surface area contributed by atoms with Gasteiger partial charge < -0.3 is 16.0 Å². The summed E-state index contributed by atoms with van der Waals surface area (Å²) in [5, 5.41) is 8.06. The van der Waals surface area contributed by atoms with E-state index in [2.05, 4.69) is 0 Å². The number of rotatable bonds is 0. The number of hydrogen-bond donors (Lipinski definition) is 2. The molecule has 0 aliphatic carbocycles. The minimum atomic E-state index is -0.167. The van der Waals surface area contributed by atoms with Gasteiger partial charge in [0, 0.05) is 27.8 Å². The molecule has 0 saturated heterocycles. The molecule has 0 bridgehead atoms. The largest absolute Gasteiger partial charge is 1.00 e. The van der Waals surface area contributed by atoms with Crippen LogP contribution in [0.3, 0.4) is 0 Å². The minimum absolute atomic E-state index is 0. The van der Waals surface area contributed by atoms with Crippen molar-refractivity contribution in [1.29, 1.82) is 0 Å². The third kappa shape index (κ3) is 429. The maximum atomic E-state index is 8.06. The third-order valence-corrected chi connectivity index (χ3v) is 0. The Morgan fingerprint density at radius 1 is 1.29 bits per heavy atom. The van der Waals surface area contributed by atoms with E-state index in [4.69, 9.17) is 5.11 Å². The van der Waals surface area contributed by atoms with E-state index in [-0.39, 0.29) is 38.7 Å². The van der Waals surface area contributed by atoms with E-state index in [1.165, 1.54) is 0 Å². The van der Waals surface area contributed by atoms with Crippen molar-refractivity contribution in [2.75, 3.05) is 0 Å². The summed E-state index contributed by atoms with van der Waals surface area (Å²) in [6.07, 6.45) is -0.167. The number of aliphatic hydroxyl groups excluding tert-OH is 1. The molecule has 0 amide bonds. The number of halogens is 1. The van der Waals surface area contributed by atoms with Gasteiger partial charge in [0.25, 0.3) is 0 Å². The summed E-state index contributed by atoms with van der Waals surface area (Å²) >= 11 is 0. The van der Waals surface area contributed by atoms with Crippen molar-refractivity contribution in [3.63, 3.8) is 0 Å². The van der Waals surface area contributed by atoms with Crippen LogP contribution in [0.2, 0.25) is 0 Å². The Balaban J connectivity index is -0.0000000150. The van der Waals surface area contributed by atoms with Crippen LogP contribution in [0.15, 0.2) is 0 Å². The maximum Gasteiger partial charge on any atom is 0.0483 e. The molecule has 2 nitrogen and oxygen atoms in total. The molecule has 0 aliphatic rings. The van der Waals surface area contributed by atoms with Crippen LogP contribution in [0.1, 0.15) is 13.8 Å². The first kappa shape index (κ1) is 25.7. The molecule has 0 aromatic carbocycles. The van der Waals surface area contributed by atoms with E-state index < -0.39 is 0 Å². The van der Waals surface area contributed by atoms with Gasteiger partial charge in [0.05, 0.1) is 0 Å². The van der Waals surface area contributed by atoms with Crippen LogP contribution in [0.4, 0.5) is 0 Å². The van der Waals surface area contributed by atoms with E-state index in [9.17, 15) is 0 Å². The van der Waals surface area contributed by atoms with Crippen molar-refractivity contribution >= 4 is 0 Å². The smallest absolute Gasteiger partial charge is 0.0483 e. The van der Waals surface area contributed by atoms with Crippen molar-refractivity contribution in [3.05, 3.63) is 0 Å². The first-order valence-electron chi connectivity index (χ1n) is 1.41. The van der Waals surface area contributed by atoms with Crippen LogP contribution in [-0.4, -0.2) is 11.2 Å². The molecule has 0 aromatic rings. The van der Waals surface area contributed by atoms with Gasteiger partial charge in [0.2, 0.25) is 0 Å². The van der Waals surface area contributed by atoms with Gasteiger partial charge >= 0.3 is 0 Å². The van der Waals surface area contributed by atoms with Crippen molar-refractivity contribution in [3.8, 4) is 0 Å². The van der Waals surface area contributed by atoms with Gasteiger partial charge in [-0.1, -0.05) is 0 Å². The van der Waals surface area contributed by atoms with Crippen molar-refractivity contribution in [2.45, 2.75) is 20.0 Å². The predicted molar refractivity (Wildman–Crippen MR) is 23.3 cm³/mol. The quantitative estimate of drug-likeness (QED) is 0.372. The van der Waals surface area contributed by atoms with Gasteiger partial charge in [0.1, 0.15) is 0 Å². The zero-order valence-corrected chi connectivity index (χ0v) is 6.46. The zero-order chi connectivity index (χ0) is 3.58. The van der Waals surface area contributed by atoms with E-state index in [1.54, 1.807) is 13.8 Å². The van der Waals surface area contributed by atoms with Crippen LogP contribution in [0.25, 0.3) is 0 Å². The number of quaternary nitrogens is 1. The summed E-state index contributed by atoms with van der Waals surface area (Å²) < 4.78 is 0. The van der Waals surface area contributed by atoms with Crippen molar-refractivity contribution < 1.29 is 31.5 Å². The van der Waals surface area contributed by atoms with Gasteiger partial charge in [-0.05, 0) is 13.8 Å². The average Bonchev–Trinajstić information content (AvgIpc) is 0.811. The molecule has 0 heterocycles. The average molecular weight is 145 g/mol. The Morgan fingerprint density at radius 3 is 1.29 bits per heavy atom. The van der Waals surface area contributed by atoms with E-state index in [0.717, 1.165) is 0 Å². The predicted octanol–water partition coefficient (Wildman–Crippen LogP) is -2.24. The summed E-state index contributed by atoms with van der Waals surface area (Å²) in [6.45, 7) is 3.44. The molecule has 46 valence electrons. The fourth-order valence-corrected chi connectivity index (χ4v) is 0. The van der Waals surface area contributed by atoms with E-state index in [1.807, 2.05) is 0 Å². The summed E-state index contributed by atoms with van der Waals surface area (Å²) in [5.41, 5.74) is 0. The molecule has 7 heavy (non-hydrogen) atoms. The number of aliphatic hydroxyl groups is 1. The fraction of sp³-hybridized carbons (Fsp3) is 1.00. The molecule has 4 heteroatoms. The Morgan fingerprint density at radius 2 is 1.29 bits per heavy atom. The van der Waals surface area contributed by atoms with E-state index in [0.29, 0.717) is 0 Å².